The number of nitrogens with zero attached hydrogens (tertiary/aromatic N) is 1. The molecular weight excluding hydrogens is 352 g/mol. The van der Waals surface area contributed by atoms with Gasteiger partial charge in [0.25, 0.3) is 0 Å². The van der Waals surface area contributed by atoms with E-state index >= 15 is 0 Å². The largest absolute Gasteiger partial charge is 0.313 e. The molecule has 6 heteroatoms. The minimum Gasteiger partial charge on any atom is -0.313 e. The van der Waals surface area contributed by atoms with Crippen molar-refractivity contribution in [3.63, 3.8) is 0 Å². The molecule has 0 aromatic heterocycles. The molecule has 21 heavy (non-hydrogen) atoms. The van der Waals surface area contributed by atoms with Crippen LogP contribution in [0.3, 0.4) is 0 Å². The molecule has 0 spiro atoms. The molecule has 118 valence electrons. The van der Waals surface area contributed by atoms with Gasteiger partial charge in [0, 0.05) is 17.1 Å². The lowest BCUT2D eigenvalue weighted by Crippen LogP contribution is -2.31. The van der Waals surface area contributed by atoms with E-state index in [1.807, 2.05) is 7.05 Å². The maximum absolute atomic E-state index is 11.6. The minimum absolute atomic E-state index is 0.301. The molecule has 0 amide bonds. The highest BCUT2D eigenvalue weighted by Gasteiger charge is 2.19. The van der Waals surface area contributed by atoms with Crippen LogP contribution < -0.4 is 5.32 Å². The summed E-state index contributed by atoms with van der Waals surface area (Å²) in [4.78, 5) is 2.27. The summed E-state index contributed by atoms with van der Waals surface area (Å²) in [5, 5.41) is 3.35. The highest BCUT2D eigenvalue weighted by molar-refractivity contribution is 9.10. The summed E-state index contributed by atoms with van der Waals surface area (Å²) >= 11 is 3.45. The van der Waals surface area contributed by atoms with E-state index in [4.69, 9.17) is 0 Å². The number of hydrogen-bond donors (Lipinski definition) is 1. The van der Waals surface area contributed by atoms with E-state index in [2.05, 4.69) is 50.4 Å². The van der Waals surface area contributed by atoms with Crippen molar-refractivity contribution in [1.29, 1.82) is 0 Å². The monoisotopic (exact) mass is 374 g/mol. The van der Waals surface area contributed by atoms with E-state index in [0.717, 1.165) is 30.4 Å². The first-order valence-corrected chi connectivity index (χ1v) is 9.97. The Kier molecular flexibility index (Phi) is 6.22. The van der Waals surface area contributed by atoms with Gasteiger partial charge in [0.1, 0.15) is 0 Å². The smallest absolute Gasteiger partial charge is 0.151 e. The molecule has 4 nitrogen and oxygen atoms in total. The quantitative estimate of drug-likeness (QED) is 0.858. The van der Waals surface area contributed by atoms with Crippen molar-refractivity contribution < 1.29 is 8.42 Å². The highest BCUT2D eigenvalue weighted by atomic mass is 79.9. The first-order valence-electron chi connectivity index (χ1n) is 7.36. The lowest BCUT2D eigenvalue weighted by molar-refractivity contribution is 0.277. The van der Waals surface area contributed by atoms with Gasteiger partial charge < -0.3 is 10.2 Å². The van der Waals surface area contributed by atoms with Gasteiger partial charge in [-0.1, -0.05) is 28.1 Å². The molecule has 1 aliphatic rings. The molecule has 1 unspecified atom stereocenters. The van der Waals surface area contributed by atoms with Crippen molar-refractivity contribution in [3.8, 4) is 0 Å². The summed E-state index contributed by atoms with van der Waals surface area (Å²) in [5.41, 5.74) is 1.27. The first-order chi connectivity index (χ1) is 10.00. The lowest BCUT2D eigenvalue weighted by atomic mass is 10.0. The molecule has 1 fully saturated rings. The molecule has 0 saturated carbocycles. The second-order valence-electron chi connectivity index (χ2n) is 5.53. The molecule has 0 bridgehead atoms. The minimum atomic E-state index is -2.82. The molecule has 1 N–H and O–H groups in total. The summed E-state index contributed by atoms with van der Waals surface area (Å²) in [5.74, 6) is 0.640. The summed E-state index contributed by atoms with van der Waals surface area (Å²) in [7, 11) is -0.844. The molecular formula is C15H23BrN2O2S. The molecule has 0 aliphatic carbocycles. The van der Waals surface area contributed by atoms with Gasteiger partial charge in [-0.15, -0.1) is 0 Å². The van der Waals surface area contributed by atoms with Crippen LogP contribution in [-0.4, -0.2) is 51.5 Å². The lowest BCUT2D eigenvalue weighted by Gasteiger charge is -2.23. The van der Waals surface area contributed by atoms with E-state index in [-0.39, 0.29) is 0 Å². The van der Waals surface area contributed by atoms with Crippen LogP contribution in [0.2, 0.25) is 0 Å². The first kappa shape index (κ1) is 16.9. The Morgan fingerprint density at radius 2 is 1.95 bits per heavy atom. The van der Waals surface area contributed by atoms with Crippen LogP contribution in [-0.2, 0) is 9.84 Å². The van der Waals surface area contributed by atoms with Crippen LogP contribution in [0.25, 0.3) is 0 Å². The summed E-state index contributed by atoms with van der Waals surface area (Å²) in [6, 6.07) is 8.66. The van der Waals surface area contributed by atoms with Crippen LogP contribution in [0.4, 0.5) is 0 Å². The van der Waals surface area contributed by atoms with Crippen LogP contribution in [0.15, 0.2) is 28.7 Å². The summed E-state index contributed by atoms with van der Waals surface area (Å²) in [6.07, 6.45) is 1.74. The van der Waals surface area contributed by atoms with Crippen LogP contribution >= 0.6 is 15.9 Å². The number of sulfone groups is 1. The standard InChI is InChI=1S/C15H23BrN2O2S/c1-17-15(13-3-5-14(16)6-4-13)7-9-18-8-2-11-21(19,20)12-10-18/h3-6,15,17H,2,7-12H2,1H3. The van der Waals surface area contributed by atoms with E-state index in [1.165, 1.54) is 5.56 Å². The third-order valence-electron chi connectivity index (χ3n) is 4.00. The molecule has 1 heterocycles. The molecule has 1 saturated heterocycles. The summed E-state index contributed by atoms with van der Waals surface area (Å²) in [6.45, 7) is 2.48. The van der Waals surface area contributed by atoms with Crippen molar-refractivity contribution >= 4 is 25.8 Å². The Labute approximate surface area is 136 Å². The summed E-state index contributed by atoms with van der Waals surface area (Å²) < 4.78 is 24.3. The van der Waals surface area contributed by atoms with Gasteiger partial charge in [0.05, 0.1) is 11.5 Å². The zero-order chi connectivity index (χ0) is 15.3. The highest BCUT2D eigenvalue weighted by Crippen LogP contribution is 2.20. The second-order valence-corrected chi connectivity index (χ2v) is 8.75. The number of benzene rings is 1. The maximum Gasteiger partial charge on any atom is 0.151 e. The molecule has 2 rings (SSSR count). The third-order valence-corrected chi connectivity index (χ3v) is 6.25. The number of halogens is 1. The second kappa shape index (κ2) is 7.72. The van der Waals surface area contributed by atoms with E-state index in [0.29, 0.717) is 24.1 Å². The Hall–Kier alpha value is -0.430. The molecule has 1 aromatic rings. The SMILES string of the molecule is CNC(CCN1CCCS(=O)(=O)CC1)c1ccc(Br)cc1. The Morgan fingerprint density at radius 3 is 2.62 bits per heavy atom. The van der Waals surface area contributed by atoms with Gasteiger partial charge in [0.15, 0.2) is 9.84 Å². The third kappa shape index (κ3) is 5.36. The number of hydrogen-bond acceptors (Lipinski definition) is 4. The van der Waals surface area contributed by atoms with E-state index in [1.54, 1.807) is 0 Å². The van der Waals surface area contributed by atoms with Crippen molar-refractivity contribution in [3.05, 3.63) is 34.3 Å². The molecule has 1 atom stereocenters. The van der Waals surface area contributed by atoms with Crippen molar-refractivity contribution in [2.24, 2.45) is 0 Å². The van der Waals surface area contributed by atoms with Gasteiger partial charge >= 0.3 is 0 Å². The van der Waals surface area contributed by atoms with E-state index < -0.39 is 9.84 Å². The van der Waals surface area contributed by atoms with Crippen molar-refractivity contribution in [2.45, 2.75) is 18.9 Å². The molecule has 1 aliphatic heterocycles. The van der Waals surface area contributed by atoms with Gasteiger partial charge in [-0.05, 0) is 50.7 Å². The molecule has 0 radical (unpaired) electrons. The van der Waals surface area contributed by atoms with Crippen LogP contribution in [0.1, 0.15) is 24.4 Å². The zero-order valence-corrected chi connectivity index (χ0v) is 14.8. The predicted octanol–water partition coefficient (Wildman–Crippen LogP) is 2.22. The van der Waals surface area contributed by atoms with Crippen LogP contribution in [0.5, 0.6) is 0 Å². The fraction of sp³-hybridized carbons (Fsp3) is 0.600. The average Bonchev–Trinajstić information content (AvgIpc) is 2.62. The Morgan fingerprint density at radius 1 is 1.24 bits per heavy atom. The maximum atomic E-state index is 11.6. The van der Waals surface area contributed by atoms with Gasteiger partial charge in [-0.25, -0.2) is 8.42 Å². The number of nitrogens with one attached hydrogen (secondary N) is 1. The fourth-order valence-electron chi connectivity index (χ4n) is 2.70. The van der Waals surface area contributed by atoms with E-state index in [9.17, 15) is 8.42 Å². The zero-order valence-electron chi connectivity index (χ0n) is 12.4. The number of rotatable bonds is 5. The van der Waals surface area contributed by atoms with Gasteiger partial charge in [-0.2, -0.15) is 0 Å². The predicted molar refractivity (Wildman–Crippen MR) is 90.3 cm³/mol. The van der Waals surface area contributed by atoms with Gasteiger partial charge in [-0.3, -0.25) is 0 Å². The van der Waals surface area contributed by atoms with Crippen molar-refractivity contribution in [1.82, 2.24) is 10.2 Å². The topological polar surface area (TPSA) is 49.4 Å². The normalized spacial score (nSPS) is 20.9. The fourth-order valence-corrected chi connectivity index (χ4v) is 4.27. The Balaban J connectivity index is 1.89. The Bertz CT molecular complexity index is 545. The van der Waals surface area contributed by atoms with Crippen LogP contribution in [0, 0.1) is 0 Å². The molecule has 1 aromatic carbocycles. The van der Waals surface area contributed by atoms with Crippen molar-refractivity contribution in [2.75, 3.05) is 38.2 Å². The van der Waals surface area contributed by atoms with Gasteiger partial charge in [0.2, 0.25) is 0 Å². The average molecular weight is 375 g/mol.